The molecule has 0 radical (unpaired) electrons. The van der Waals surface area contributed by atoms with E-state index in [0.717, 1.165) is 22.2 Å². The van der Waals surface area contributed by atoms with E-state index >= 15 is 0 Å². The first-order valence-corrected chi connectivity index (χ1v) is 8.89. The SMILES string of the molecule is CC1SCCSC1C(N)Cc1cc(F)ccc1Br. The fraction of sp³-hybridized carbons (Fsp3) is 0.538. The van der Waals surface area contributed by atoms with Crippen molar-refractivity contribution in [1.82, 2.24) is 0 Å². The van der Waals surface area contributed by atoms with Crippen LogP contribution in [0.1, 0.15) is 12.5 Å². The summed E-state index contributed by atoms with van der Waals surface area (Å²) >= 11 is 7.40. The maximum Gasteiger partial charge on any atom is 0.123 e. The minimum Gasteiger partial charge on any atom is -0.326 e. The topological polar surface area (TPSA) is 26.0 Å². The van der Waals surface area contributed by atoms with Gasteiger partial charge in [-0.05, 0) is 30.2 Å². The van der Waals surface area contributed by atoms with Crippen LogP contribution in [0.2, 0.25) is 0 Å². The van der Waals surface area contributed by atoms with E-state index in [9.17, 15) is 4.39 Å². The first kappa shape index (κ1) is 14.7. The van der Waals surface area contributed by atoms with Gasteiger partial charge in [0.05, 0.1) is 0 Å². The summed E-state index contributed by atoms with van der Waals surface area (Å²) in [4.78, 5) is 0. The van der Waals surface area contributed by atoms with Gasteiger partial charge >= 0.3 is 0 Å². The van der Waals surface area contributed by atoms with Crippen LogP contribution in [0.5, 0.6) is 0 Å². The van der Waals surface area contributed by atoms with Gasteiger partial charge in [-0.2, -0.15) is 23.5 Å². The van der Waals surface area contributed by atoms with Gasteiger partial charge < -0.3 is 5.73 Å². The van der Waals surface area contributed by atoms with Crippen molar-refractivity contribution < 1.29 is 4.39 Å². The van der Waals surface area contributed by atoms with Crippen molar-refractivity contribution in [3.63, 3.8) is 0 Å². The van der Waals surface area contributed by atoms with Crippen molar-refractivity contribution in [2.75, 3.05) is 11.5 Å². The van der Waals surface area contributed by atoms with Crippen LogP contribution in [-0.4, -0.2) is 28.0 Å². The monoisotopic (exact) mass is 349 g/mol. The Labute approximate surface area is 125 Å². The molecule has 1 aromatic carbocycles. The van der Waals surface area contributed by atoms with E-state index in [1.54, 1.807) is 12.1 Å². The number of halogens is 2. The van der Waals surface area contributed by atoms with Crippen LogP contribution in [0.3, 0.4) is 0 Å². The molecule has 1 saturated heterocycles. The summed E-state index contributed by atoms with van der Waals surface area (Å²) in [5, 5.41) is 1.03. The van der Waals surface area contributed by atoms with Gasteiger partial charge in [0, 0.05) is 32.5 Å². The van der Waals surface area contributed by atoms with Gasteiger partial charge in [0.15, 0.2) is 0 Å². The molecule has 1 aliphatic rings. The highest BCUT2D eigenvalue weighted by atomic mass is 79.9. The number of rotatable bonds is 3. The lowest BCUT2D eigenvalue weighted by Crippen LogP contribution is -2.42. The number of thioether (sulfide) groups is 2. The molecule has 0 aliphatic carbocycles. The lowest BCUT2D eigenvalue weighted by Gasteiger charge is -2.32. The molecule has 3 atom stereocenters. The predicted octanol–water partition coefficient (Wildman–Crippen LogP) is 3.70. The van der Waals surface area contributed by atoms with E-state index in [2.05, 4.69) is 22.9 Å². The van der Waals surface area contributed by atoms with E-state index in [1.807, 2.05) is 23.5 Å². The van der Waals surface area contributed by atoms with Crippen LogP contribution in [0.15, 0.2) is 22.7 Å². The molecule has 0 aromatic heterocycles. The fourth-order valence-electron chi connectivity index (χ4n) is 2.19. The fourth-order valence-corrected chi connectivity index (χ4v) is 5.49. The van der Waals surface area contributed by atoms with Crippen LogP contribution < -0.4 is 5.73 Å². The molecule has 1 heterocycles. The molecule has 0 bridgehead atoms. The van der Waals surface area contributed by atoms with Gasteiger partial charge in [-0.25, -0.2) is 4.39 Å². The zero-order chi connectivity index (χ0) is 13.1. The van der Waals surface area contributed by atoms with E-state index in [4.69, 9.17) is 5.73 Å². The molecule has 5 heteroatoms. The van der Waals surface area contributed by atoms with Gasteiger partial charge in [0.25, 0.3) is 0 Å². The van der Waals surface area contributed by atoms with Gasteiger partial charge in [-0.1, -0.05) is 22.9 Å². The quantitative estimate of drug-likeness (QED) is 0.900. The molecule has 0 spiro atoms. The molecule has 100 valence electrons. The second kappa shape index (κ2) is 6.64. The van der Waals surface area contributed by atoms with Crippen LogP contribution in [0.25, 0.3) is 0 Å². The van der Waals surface area contributed by atoms with E-state index in [0.29, 0.717) is 10.5 Å². The zero-order valence-corrected chi connectivity index (χ0v) is 13.5. The van der Waals surface area contributed by atoms with E-state index < -0.39 is 0 Å². The van der Waals surface area contributed by atoms with Crippen molar-refractivity contribution in [3.05, 3.63) is 34.1 Å². The molecule has 2 N–H and O–H groups in total. The smallest absolute Gasteiger partial charge is 0.123 e. The Morgan fingerprint density at radius 2 is 2.17 bits per heavy atom. The Bertz CT molecular complexity index is 416. The molecule has 0 saturated carbocycles. The minimum absolute atomic E-state index is 0.0795. The molecule has 18 heavy (non-hydrogen) atoms. The Balaban J connectivity index is 2.05. The summed E-state index contributed by atoms with van der Waals surface area (Å²) in [5.41, 5.74) is 7.28. The zero-order valence-electron chi connectivity index (χ0n) is 10.2. The maximum atomic E-state index is 13.2. The van der Waals surface area contributed by atoms with Crippen LogP contribution in [0.4, 0.5) is 4.39 Å². The molecule has 1 aromatic rings. The third-order valence-corrected chi connectivity index (χ3v) is 7.17. The van der Waals surface area contributed by atoms with Crippen molar-refractivity contribution in [1.29, 1.82) is 0 Å². The molecular formula is C13H17BrFNS2. The number of benzene rings is 1. The highest BCUT2D eigenvalue weighted by molar-refractivity contribution is 9.10. The van der Waals surface area contributed by atoms with Crippen LogP contribution in [-0.2, 0) is 6.42 Å². The normalized spacial score (nSPS) is 26.0. The molecule has 1 aliphatic heterocycles. The van der Waals surface area contributed by atoms with E-state index in [1.165, 1.54) is 11.8 Å². The third kappa shape index (κ3) is 3.65. The first-order valence-electron chi connectivity index (χ1n) is 6.00. The Kier molecular flexibility index (Phi) is 5.42. The number of hydrogen-bond donors (Lipinski definition) is 1. The molecule has 0 amide bonds. The molecule has 3 unspecified atom stereocenters. The number of nitrogens with two attached hydrogens (primary N) is 1. The second-order valence-electron chi connectivity index (χ2n) is 4.52. The van der Waals surface area contributed by atoms with Crippen molar-refractivity contribution in [2.24, 2.45) is 5.73 Å². The maximum absolute atomic E-state index is 13.2. The number of hydrogen-bond acceptors (Lipinski definition) is 3. The molecule has 1 fully saturated rings. The van der Waals surface area contributed by atoms with Gasteiger partial charge in [0.1, 0.15) is 5.82 Å². The van der Waals surface area contributed by atoms with Gasteiger partial charge in [-0.15, -0.1) is 0 Å². The lowest BCUT2D eigenvalue weighted by molar-refractivity contribution is 0.605. The highest BCUT2D eigenvalue weighted by Gasteiger charge is 2.28. The van der Waals surface area contributed by atoms with E-state index in [-0.39, 0.29) is 11.9 Å². The van der Waals surface area contributed by atoms with Gasteiger partial charge in [-0.3, -0.25) is 0 Å². The Morgan fingerprint density at radius 1 is 1.44 bits per heavy atom. The van der Waals surface area contributed by atoms with Crippen LogP contribution >= 0.6 is 39.5 Å². The summed E-state index contributed by atoms with van der Waals surface area (Å²) in [5.74, 6) is 2.18. The van der Waals surface area contributed by atoms with Crippen molar-refractivity contribution in [2.45, 2.75) is 29.9 Å². The largest absolute Gasteiger partial charge is 0.326 e. The molecular weight excluding hydrogens is 333 g/mol. The van der Waals surface area contributed by atoms with Crippen molar-refractivity contribution >= 4 is 39.5 Å². The summed E-state index contributed by atoms with van der Waals surface area (Å²) in [6.45, 7) is 2.24. The summed E-state index contributed by atoms with van der Waals surface area (Å²) in [6, 6.07) is 4.88. The van der Waals surface area contributed by atoms with Crippen molar-refractivity contribution in [3.8, 4) is 0 Å². The second-order valence-corrected chi connectivity index (χ2v) is 8.14. The summed E-state index contributed by atoms with van der Waals surface area (Å²) in [7, 11) is 0. The van der Waals surface area contributed by atoms with Crippen LogP contribution in [0, 0.1) is 5.82 Å². The van der Waals surface area contributed by atoms with Gasteiger partial charge in [0.2, 0.25) is 0 Å². The summed E-state index contributed by atoms with van der Waals surface area (Å²) in [6.07, 6.45) is 0.723. The average Bonchev–Trinajstić information content (AvgIpc) is 2.34. The predicted molar refractivity (Wildman–Crippen MR) is 83.9 cm³/mol. The average molecular weight is 350 g/mol. The lowest BCUT2D eigenvalue weighted by atomic mass is 10.0. The standard InChI is InChI=1S/C13H17BrFNS2/c1-8-13(18-5-4-17-8)12(16)7-9-6-10(15)2-3-11(9)14/h2-3,6,8,12-13H,4-5,7,16H2,1H3. The Morgan fingerprint density at radius 3 is 2.89 bits per heavy atom. The molecule has 1 nitrogen and oxygen atoms in total. The molecule has 2 rings (SSSR count). The minimum atomic E-state index is -0.195. The Hall–Kier alpha value is 0.290. The third-order valence-electron chi connectivity index (χ3n) is 3.12. The first-order chi connectivity index (χ1) is 8.58. The summed E-state index contributed by atoms with van der Waals surface area (Å²) < 4.78 is 14.2. The highest BCUT2D eigenvalue weighted by Crippen LogP contribution is 2.33.